The van der Waals surface area contributed by atoms with Crippen LogP contribution >= 0.6 is 11.6 Å². The maximum atomic E-state index is 12.8. The molecule has 23 heavy (non-hydrogen) atoms. The van der Waals surface area contributed by atoms with Gasteiger partial charge in [-0.25, -0.2) is 0 Å². The van der Waals surface area contributed by atoms with Gasteiger partial charge in [0.05, 0.1) is 17.0 Å². The van der Waals surface area contributed by atoms with Gasteiger partial charge in [0, 0.05) is 4.87 Å². The average molecular weight is 330 g/mol. The van der Waals surface area contributed by atoms with Gasteiger partial charge in [-0.05, 0) is 68.1 Å². The van der Waals surface area contributed by atoms with E-state index in [4.69, 9.17) is 21.6 Å². The van der Waals surface area contributed by atoms with Crippen LogP contribution in [-0.2, 0) is 16.1 Å². The molecule has 4 atom stereocenters. The fourth-order valence-corrected chi connectivity index (χ4v) is 6.11. The third kappa shape index (κ3) is 2.64. The highest BCUT2D eigenvalue weighted by Gasteiger charge is 2.60. The predicted molar refractivity (Wildman–Crippen MR) is 86.7 cm³/mol. The van der Waals surface area contributed by atoms with Crippen molar-refractivity contribution >= 4 is 17.6 Å². The lowest BCUT2D eigenvalue weighted by Gasteiger charge is -2.58. The minimum absolute atomic E-state index is 0.0843. The molecule has 0 amide bonds. The molecule has 1 aromatic rings. The number of benzene rings is 1. The number of carbonyl (C=O) groups is 1. The van der Waals surface area contributed by atoms with Crippen LogP contribution in [0.4, 0.5) is 0 Å². The summed E-state index contributed by atoms with van der Waals surface area (Å²) in [7, 11) is 0. The molecule has 0 aliphatic heterocycles. The third-order valence-corrected chi connectivity index (χ3v) is 6.29. The number of halogens is 1. The van der Waals surface area contributed by atoms with Gasteiger partial charge in [-0.15, -0.1) is 11.6 Å². The van der Waals surface area contributed by atoms with Gasteiger partial charge in [0.1, 0.15) is 6.61 Å². The molecular formula is C19H20ClNO2. The molecule has 3 nitrogen and oxygen atoms in total. The Kier molecular flexibility index (Phi) is 3.43. The molecule has 120 valence electrons. The third-order valence-electron chi connectivity index (χ3n) is 5.85. The van der Waals surface area contributed by atoms with E-state index >= 15 is 0 Å². The Morgan fingerprint density at radius 1 is 1.30 bits per heavy atom. The van der Waals surface area contributed by atoms with Crippen LogP contribution in [0.5, 0.6) is 0 Å². The Morgan fingerprint density at radius 2 is 2.04 bits per heavy atom. The molecule has 4 aliphatic carbocycles. The highest BCUT2D eigenvalue weighted by atomic mass is 35.5. The van der Waals surface area contributed by atoms with Gasteiger partial charge in [0.25, 0.3) is 0 Å². The van der Waals surface area contributed by atoms with Gasteiger partial charge >= 0.3 is 5.97 Å². The van der Waals surface area contributed by atoms with Crippen molar-refractivity contribution in [3.8, 4) is 6.07 Å². The van der Waals surface area contributed by atoms with Crippen LogP contribution in [0.15, 0.2) is 24.3 Å². The fraction of sp³-hybridized carbons (Fsp3) is 0.579. The van der Waals surface area contributed by atoms with Crippen molar-refractivity contribution in [3.63, 3.8) is 0 Å². The van der Waals surface area contributed by atoms with Gasteiger partial charge in [-0.3, -0.25) is 4.79 Å². The minimum atomic E-state index is -0.362. The Labute approximate surface area is 141 Å². The lowest BCUT2D eigenvalue weighted by atomic mass is 9.49. The monoisotopic (exact) mass is 329 g/mol. The zero-order valence-corrected chi connectivity index (χ0v) is 13.8. The Balaban J connectivity index is 1.48. The number of alkyl halides is 1. The first kappa shape index (κ1) is 15.0. The normalized spacial score (nSPS) is 37.4. The van der Waals surface area contributed by atoms with Gasteiger partial charge in [0.15, 0.2) is 0 Å². The summed E-state index contributed by atoms with van der Waals surface area (Å²) in [6.45, 7) is 0.237. The van der Waals surface area contributed by atoms with Crippen LogP contribution in [0.1, 0.15) is 49.7 Å². The van der Waals surface area contributed by atoms with Crippen LogP contribution < -0.4 is 0 Å². The molecule has 0 radical (unpaired) electrons. The van der Waals surface area contributed by atoms with Crippen LogP contribution in [-0.4, -0.2) is 10.8 Å². The molecule has 0 aromatic heterocycles. The molecule has 4 heteroatoms. The van der Waals surface area contributed by atoms with E-state index in [0.717, 1.165) is 37.7 Å². The van der Waals surface area contributed by atoms with Crippen LogP contribution in [0.3, 0.4) is 0 Å². The first-order chi connectivity index (χ1) is 11.0. The lowest BCUT2D eigenvalue weighted by molar-refractivity contribution is -0.171. The summed E-state index contributed by atoms with van der Waals surface area (Å²) in [5.74, 6) is 1.09. The number of ether oxygens (including phenoxy) is 1. The van der Waals surface area contributed by atoms with Crippen LogP contribution in [0.2, 0.25) is 0 Å². The number of rotatable bonds is 3. The first-order valence-corrected chi connectivity index (χ1v) is 8.73. The van der Waals surface area contributed by atoms with Crippen molar-refractivity contribution in [2.75, 3.05) is 0 Å². The van der Waals surface area contributed by atoms with E-state index in [-0.39, 0.29) is 22.9 Å². The highest BCUT2D eigenvalue weighted by molar-refractivity contribution is 6.24. The van der Waals surface area contributed by atoms with Crippen LogP contribution in [0.25, 0.3) is 0 Å². The van der Waals surface area contributed by atoms with Crippen molar-refractivity contribution < 1.29 is 9.53 Å². The molecule has 4 saturated carbocycles. The quantitative estimate of drug-likeness (QED) is 0.617. The number of carbonyl (C=O) groups excluding carboxylic acids is 1. The number of hydrogen-bond donors (Lipinski definition) is 0. The zero-order chi connectivity index (χ0) is 16.1. The van der Waals surface area contributed by atoms with Gasteiger partial charge in [-0.2, -0.15) is 5.26 Å². The lowest BCUT2D eigenvalue weighted by Crippen LogP contribution is -2.56. The summed E-state index contributed by atoms with van der Waals surface area (Å²) in [6, 6.07) is 9.34. The van der Waals surface area contributed by atoms with Crippen molar-refractivity contribution in [2.24, 2.45) is 17.3 Å². The number of hydrogen-bond acceptors (Lipinski definition) is 3. The molecule has 1 aromatic carbocycles. The van der Waals surface area contributed by atoms with E-state index < -0.39 is 0 Å². The van der Waals surface area contributed by atoms with E-state index in [0.29, 0.717) is 17.4 Å². The molecule has 4 bridgehead atoms. The predicted octanol–water partition coefficient (Wildman–Crippen LogP) is 4.18. The van der Waals surface area contributed by atoms with Crippen LogP contribution in [0, 0.1) is 28.6 Å². The van der Waals surface area contributed by atoms with E-state index in [9.17, 15) is 4.79 Å². The van der Waals surface area contributed by atoms with E-state index in [1.54, 1.807) is 12.1 Å². The number of nitriles is 1. The van der Waals surface area contributed by atoms with E-state index in [1.807, 2.05) is 12.1 Å². The largest absolute Gasteiger partial charge is 0.460 e. The zero-order valence-electron chi connectivity index (χ0n) is 13.1. The second-order valence-electron chi connectivity index (χ2n) is 7.78. The first-order valence-electron chi connectivity index (χ1n) is 8.36. The van der Waals surface area contributed by atoms with Crippen molar-refractivity contribution in [2.45, 2.75) is 50.0 Å². The summed E-state index contributed by atoms with van der Waals surface area (Å²) >= 11 is 6.78. The summed E-state index contributed by atoms with van der Waals surface area (Å²) < 4.78 is 5.65. The molecule has 0 spiro atoms. The smallest absolute Gasteiger partial charge is 0.312 e. The SMILES string of the molecule is N#Cc1cccc(COC(=O)C23C[C@@H]4C[C@@H](CC(Cl)(C4)C2)C3)c1. The molecule has 4 aliphatic rings. The Morgan fingerprint density at radius 3 is 2.70 bits per heavy atom. The molecule has 2 unspecified atom stereocenters. The Hall–Kier alpha value is -1.53. The molecular weight excluding hydrogens is 310 g/mol. The van der Waals surface area contributed by atoms with Crippen molar-refractivity contribution in [1.29, 1.82) is 5.26 Å². The topological polar surface area (TPSA) is 50.1 Å². The summed E-state index contributed by atoms with van der Waals surface area (Å²) in [5, 5.41) is 8.95. The minimum Gasteiger partial charge on any atom is -0.460 e. The van der Waals surface area contributed by atoms with Gasteiger partial charge in [-0.1, -0.05) is 12.1 Å². The highest BCUT2D eigenvalue weighted by Crippen LogP contribution is 2.64. The number of esters is 1. The standard InChI is InChI=1S/C19H20ClNO2/c20-19-8-15-5-16(9-19)7-18(6-15,12-19)17(22)23-11-14-3-1-2-13(4-14)10-21/h1-4,15-16H,5-9,11-12H2/t15-,16+,18?,19?. The van der Waals surface area contributed by atoms with Gasteiger partial charge in [0.2, 0.25) is 0 Å². The van der Waals surface area contributed by atoms with Gasteiger partial charge < -0.3 is 4.74 Å². The maximum absolute atomic E-state index is 12.8. The molecule has 0 saturated heterocycles. The summed E-state index contributed by atoms with van der Waals surface area (Å²) in [6.07, 6.45) is 6.00. The Bertz CT molecular complexity index is 679. The maximum Gasteiger partial charge on any atom is 0.312 e. The molecule has 5 rings (SSSR count). The summed E-state index contributed by atoms with van der Waals surface area (Å²) in [5.41, 5.74) is 1.09. The number of nitrogens with zero attached hydrogens (tertiary/aromatic N) is 1. The van der Waals surface area contributed by atoms with Crippen molar-refractivity contribution in [1.82, 2.24) is 0 Å². The fourth-order valence-electron chi connectivity index (χ4n) is 5.42. The van der Waals surface area contributed by atoms with E-state index in [2.05, 4.69) is 6.07 Å². The second-order valence-corrected chi connectivity index (χ2v) is 8.58. The van der Waals surface area contributed by atoms with E-state index in [1.165, 1.54) is 6.42 Å². The molecule has 0 N–H and O–H groups in total. The summed E-state index contributed by atoms with van der Waals surface area (Å²) in [4.78, 5) is 12.6. The second kappa shape index (κ2) is 5.24. The van der Waals surface area contributed by atoms with Crippen molar-refractivity contribution in [3.05, 3.63) is 35.4 Å². The average Bonchev–Trinajstić information content (AvgIpc) is 2.50. The molecule has 0 heterocycles. The molecule has 4 fully saturated rings.